The number of anilines is 12. The normalized spacial score (nSPS) is 11.0. The van der Waals surface area contributed by atoms with E-state index in [1.807, 2.05) is 0 Å². The van der Waals surface area contributed by atoms with Crippen LogP contribution in [0.15, 0.2) is 328 Å². The Balaban J connectivity index is 0.000000228. The van der Waals surface area contributed by atoms with Crippen LogP contribution in [-0.4, -0.2) is 40.8 Å². The van der Waals surface area contributed by atoms with Crippen LogP contribution in [0.25, 0.3) is 66.8 Å². The van der Waals surface area contributed by atoms with Gasteiger partial charge in [-0.1, -0.05) is 182 Å². The smallest absolute Gasteiger partial charge is 0.0490 e. The van der Waals surface area contributed by atoms with Crippen molar-refractivity contribution in [3.63, 3.8) is 0 Å². The fourth-order valence-electron chi connectivity index (χ4n) is 14.0. The van der Waals surface area contributed by atoms with Crippen LogP contribution in [0.3, 0.4) is 0 Å². The molecule has 0 amide bonds. The summed E-state index contributed by atoms with van der Waals surface area (Å²) in [6.45, 7) is 22.6. The third-order valence-electron chi connectivity index (χ3n) is 20.7. The van der Waals surface area contributed by atoms with Gasteiger partial charge in [0, 0.05) is 109 Å². The first-order valence-electron chi connectivity index (χ1n) is 37.0. The molecule has 105 heavy (non-hydrogen) atoms. The lowest BCUT2D eigenvalue weighted by Gasteiger charge is -2.29. The highest BCUT2D eigenvalue weighted by Crippen LogP contribution is 2.45. The minimum atomic E-state index is 0.991. The first-order chi connectivity index (χ1) is 51.1. The minimum Gasteiger partial charge on any atom is -0.375 e. The van der Waals surface area contributed by atoms with Crippen LogP contribution < -0.4 is 29.4 Å². The molecule has 0 saturated heterocycles. The summed E-state index contributed by atoms with van der Waals surface area (Å²) in [5.74, 6) is 0. The Morgan fingerprint density at radius 1 is 0.171 bits per heavy atom. The van der Waals surface area contributed by atoms with Gasteiger partial charge >= 0.3 is 0 Å². The van der Waals surface area contributed by atoms with Crippen molar-refractivity contribution >= 4 is 68.2 Å². The Morgan fingerprint density at radius 2 is 0.314 bits per heavy atom. The summed E-state index contributed by atoms with van der Waals surface area (Å²) in [5, 5.41) is 0. The molecule has 0 aromatic heterocycles. The van der Waals surface area contributed by atoms with Crippen LogP contribution in [-0.2, 0) is 0 Å². The van der Waals surface area contributed by atoms with Gasteiger partial charge in [0.2, 0.25) is 0 Å². The highest BCUT2D eigenvalue weighted by atomic mass is 15.2. The number of rotatable bonds is 21. The van der Waals surface area contributed by atoms with E-state index in [9.17, 15) is 0 Å². The van der Waals surface area contributed by atoms with Gasteiger partial charge in [-0.15, -0.1) is 0 Å². The maximum absolute atomic E-state index is 2.38. The van der Waals surface area contributed by atoms with Gasteiger partial charge in [0.1, 0.15) is 0 Å². The number of benzene rings is 14. The maximum Gasteiger partial charge on any atom is 0.0490 e. The van der Waals surface area contributed by atoms with Gasteiger partial charge in [0.15, 0.2) is 0 Å². The van der Waals surface area contributed by atoms with Crippen LogP contribution >= 0.6 is 0 Å². The fourth-order valence-corrected chi connectivity index (χ4v) is 14.0. The highest BCUT2D eigenvalue weighted by molar-refractivity contribution is 5.89. The number of aryl methyl sites for hydroxylation is 6. The van der Waals surface area contributed by atoms with Gasteiger partial charge in [-0.2, -0.15) is 0 Å². The average Bonchev–Trinajstić information content (AvgIpc) is 0.938. The highest BCUT2D eigenvalue weighted by Gasteiger charge is 2.22. The van der Waals surface area contributed by atoms with Crippen LogP contribution in [0.2, 0.25) is 0 Å². The van der Waals surface area contributed by atoms with Gasteiger partial charge in [-0.05, 0) is 308 Å². The molecule has 0 saturated carbocycles. The molecule has 0 aliphatic heterocycles. The molecule has 0 bridgehead atoms. The zero-order valence-corrected chi connectivity index (χ0v) is 63.0. The molecular formula is C99H96N6. The predicted octanol–water partition coefficient (Wildman–Crippen LogP) is 27.0. The van der Waals surface area contributed by atoms with E-state index < -0.39 is 0 Å². The summed E-state index contributed by atoms with van der Waals surface area (Å²) in [6, 6.07) is 120. The van der Waals surface area contributed by atoms with Gasteiger partial charge in [0.05, 0.1) is 0 Å². The van der Waals surface area contributed by atoms with Gasteiger partial charge in [-0.3, -0.25) is 0 Å². The Hall–Kier alpha value is -12.1. The quantitative estimate of drug-likeness (QED) is 0.0709. The molecule has 14 rings (SSSR count). The van der Waals surface area contributed by atoms with Crippen LogP contribution in [0.1, 0.15) is 54.2 Å². The Kier molecular flexibility index (Phi) is 22.0. The van der Waals surface area contributed by atoms with E-state index in [2.05, 4.69) is 440 Å². The molecule has 0 spiro atoms. The molecule has 522 valence electrons. The van der Waals surface area contributed by atoms with Gasteiger partial charge in [-0.25, -0.2) is 0 Å². The van der Waals surface area contributed by atoms with E-state index in [0.29, 0.717) is 0 Å². The third kappa shape index (κ3) is 15.9. The van der Waals surface area contributed by atoms with Crippen molar-refractivity contribution in [1.82, 2.24) is 0 Å². The lowest BCUT2D eigenvalue weighted by Crippen LogP contribution is -2.15. The molecule has 14 aromatic carbocycles. The van der Waals surface area contributed by atoms with Crippen molar-refractivity contribution in [2.24, 2.45) is 0 Å². The van der Waals surface area contributed by atoms with E-state index in [1.54, 1.807) is 0 Å². The zero-order valence-electron chi connectivity index (χ0n) is 63.0. The van der Waals surface area contributed by atoms with Crippen molar-refractivity contribution in [2.75, 3.05) is 70.2 Å². The Labute approximate surface area is 624 Å². The number of hydrogen-bond acceptors (Lipinski definition) is 6. The number of para-hydroxylation sites is 6. The van der Waals surface area contributed by atoms with E-state index >= 15 is 0 Å². The summed E-state index contributed by atoms with van der Waals surface area (Å²) in [4.78, 5) is 13.9. The molecule has 0 atom stereocenters. The van der Waals surface area contributed by atoms with E-state index in [1.165, 1.54) is 118 Å². The van der Waals surface area contributed by atoms with Crippen molar-refractivity contribution < 1.29 is 0 Å². The maximum atomic E-state index is 2.38. The molecule has 6 heteroatoms. The summed E-state index contributed by atoms with van der Waals surface area (Å²) in [5.41, 5.74) is 35.7. The zero-order chi connectivity index (χ0) is 73.1. The van der Waals surface area contributed by atoms with Gasteiger partial charge in [0.25, 0.3) is 0 Å². The second-order valence-corrected chi connectivity index (χ2v) is 27.6. The third-order valence-corrected chi connectivity index (χ3v) is 20.7. The van der Waals surface area contributed by atoms with Crippen molar-refractivity contribution in [3.8, 4) is 66.8 Å². The molecule has 14 aromatic rings. The minimum absolute atomic E-state index is 0.991. The van der Waals surface area contributed by atoms with E-state index in [0.717, 1.165) is 70.1 Å². The number of hydrogen-bond donors (Lipinski definition) is 0. The van der Waals surface area contributed by atoms with Crippen molar-refractivity contribution in [1.29, 1.82) is 0 Å². The molecule has 0 N–H and O–H groups in total. The molecular weight excluding hydrogens is 1270 g/mol. The van der Waals surface area contributed by atoms with Crippen LogP contribution in [0.5, 0.6) is 0 Å². The van der Waals surface area contributed by atoms with Crippen LogP contribution in [0, 0.1) is 41.5 Å². The molecule has 6 nitrogen and oxygen atoms in total. The monoisotopic (exact) mass is 1370 g/mol. The average molecular weight is 1370 g/mol. The molecule has 0 aliphatic rings. The lowest BCUT2D eigenvalue weighted by atomic mass is 9.93. The van der Waals surface area contributed by atoms with Gasteiger partial charge < -0.3 is 29.4 Å². The molecule has 0 aliphatic carbocycles. The van der Waals surface area contributed by atoms with Crippen LogP contribution in [0.4, 0.5) is 68.2 Å². The molecule has 0 fully saturated rings. The largest absolute Gasteiger partial charge is 0.375 e. The van der Waals surface area contributed by atoms with Crippen molar-refractivity contribution in [3.05, 3.63) is 361 Å². The fraction of sp³-hybridized carbons (Fsp3) is 0.152. The second kappa shape index (κ2) is 32.5. The summed E-state index contributed by atoms with van der Waals surface area (Å²) < 4.78 is 0. The standard InChI is InChI=1S/C66H57N3.C33H39N3/c1-46-19-7-13-25-61(46)67(62-26-14-8-20-47(62)2)58-37-31-52(32-38-58)55-43-56(53-33-39-59(40-34-53)68(63-27-15-9-21-48(63)3)64-28-16-10-22-49(64)4)45-57(44-55)54-35-41-60(42-36-54)69(65-29-17-11-23-50(65)5)66-30-18-12-24-51(66)6;1-7-34(4)31-16-10-25(11-17-31)28-22-29(26-12-18-32(19-13-26)35(5)8-2)24-30(23-28)27-14-20-33(21-15-27)36(6)9-3/h7-45H,1-6H3;10-24H,7-9H2,1-6H3. The summed E-state index contributed by atoms with van der Waals surface area (Å²) >= 11 is 0. The Morgan fingerprint density at radius 3 is 0.457 bits per heavy atom. The summed E-state index contributed by atoms with van der Waals surface area (Å²) in [7, 11) is 6.40. The topological polar surface area (TPSA) is 19.4 Å². The van der Waals surface area contributed by atoms with E-state index in [-0.39, 0.29) is 0 Å². The molecule has 0 unspecified atom stereocenters. The van der Waals surface area contributed by atoms with E-state index in [4.69, 9.17) is 0 Å². The predicted molar refractivity (Wildman–Crippen MR) is 455 cm³/mol. The van der Waals surface area contributed by atoms with Crippen molar-refractivity contribution in [2.45, 2.75) is 62.3 Å². The lowest BCUT2D eigenvalue weighted by molar-refractivity contribution is 0.968. The first kappa shape index (κ1) is 71.3. The SMILES string of the molecule is CCN(C)c1ccc(-c2cc(-c3ccc(N(C)CC)cc3)cc(-c3ccc(N(C)CC)cc3)c2)cc1.Cc1ccccc1N(c1ccc(-c2cc(-c3ccc(N(c4ccccc4C)c4ccccc4C)cc3)cc(-c3ccc(N(c4ccccc4C)c4ccccc4C)cc3)c2)cc1)c1ccccc1C. The first-order valence-corrected chi connectivity index (χ1v) is 37.0. The second-order valence-electron chi connectivity index (χ2n) is 27.6. The Bertz CT molecular complexity index is 4570. The molecule has 0 radical (unpaired) electrons. The number of nitrogens with zero attached hydrogens (tertiary/aromatic N) is 6. The molecule has 0 heterocycles. The summed E-state index contributed by atoms with van der Waals surface area (Å²) in [6.07, 6.45) is 0.